The summed E-state index contributed by atoms with van der Waals surface area (Å²) in [6, 6.07) is 2.92. The van der Waals surface area contributed by atoms with Crippen LogP contribution in [0.15, 0.2) is 22.8 Å². The van der Waals surface area contributed by atoms with Gasteiger partial charge in [-0.1, -0.05) is 0 Å². The van der Waals surface area contributed by atoms with Gasteiger partial charge in [-0.2, -0.15) is 0 Å². The molecule has 3 heterocycles. The van der Waals surface area contributed by atoms with E-state index in [-0.39, 0.29) is 5.91 Å². The molecule has 2 aromatic heterocycles. The molecule has 1 amide bonds. The molecular weight excluding hydrogens is 338 g/mol. The third-order valence-electron chi connectivity index (χ3n) is 3.76. The molecule has 0 bridgehead atoms. The molecule has 0 radical (unpaired) electrons. The lowest BCUT2D eigenvalue weighted by molar-refractivity contribution is -0.141. The van der Waals surface area contributed by atoms with Crippen molar-refractivity contribution < 1.29 is 14.7 Å². The lowest BCUT2D eigenvalue weighted by atomic mass is 10.2. The quantitative estimate of drug-likeness (QED) is 0.898. The molecule has 2 aromatic rings. The number of imidazole rings is 1. The molecule has 110 valence electrons. The molecule has 0 saturated carbocycles. The zero-order valence-electron chi connectivity index (χ0n) is 11.4. The number of pyridine rings is 1. The number of carbonyl (C=O) groups is 2. The van der Waals surface area contributed by atoms with Crippen molar-refractivity contribution in [2.24, 2.45) is 0 Å². The highest BCUT2D eigenvalue weighted by molar-refractivity contribution is 9.10. The van der Waals surface area contributed by atoms with Crippen LogP contribution in [-0.4, -0.2) is 43.9 Å². The summed E-state index contributed by atoms with van der Waals surface area (Å²) in [4.78, 5) is 29.8. The van der Waals surface area contributed by atoms with Crippen LogP contribution in [-0.2, 0) is 4.79 Å². The molecule has 0 aliphatic carbocycles. The number of hydrogen-bond acceptors (Lipinski definition) is 3. The van der Waals surface area contributed by atoms with Gasteiger partial charge in [0.1, 0.15) is 17.4 Å². The maximum Gasteiger partial charge on any atom is 0.326 e. The summed E-state index contributed by atoms with van der Waals surface area (Å²) in [5, 5.41) is 9.23. The van der Waals surface area contributed by atoms with Crippen LogP contribution >= 0.6 is 15.9 Å². The molecule has 1 saturated heterocycles. The van der Waals surface area contributed by atoms with E-state index in [1.165, 1.54) is 4.90 Å². The number of likely N-dealkylation sites (tertiary alicyclic amines) is 1. The first-order valence-corrected chi connectivity index (χ1v) is 7.46. The second-order valence-corrected chi connectivity index (χ2v) is 6.03. The van der Waals surface area contributed by atoms with Crippen LogP contribution < -0.4 is 0 Å². The van der Waals surface area contributed by atoms with Crippen molar-refractivity contribution in [3.05, 3.63) is 34.2 Å². The monoisotopic (exact) mass is 351 g/mol. The molecule has 1 fully saturated rings. The van der Waals surface area contributed by atoms with Gasteiger partial charge in [0.25, 0.3) is 5.91 Å². The summed E-state index contributed by atoms with van der Waals surface area (Å²) in [5.41, 5.74) is 1.71. The van der Waals surface area contributed by atoms with Crippen molar-refractivity contribution in [1.29, 1.82) is 0 Å². The number of rotatable bonds is 2. The first kappa shape index (κ1) is 14.1. The number of hydrogen-bond donors (Lipinski definition) is 1. The molecule has 6 nitrogen and oxygen atoms in total. The average molecular weight is 352 g/mol. The zero-order valence-corrected chi connectivity index (χ0v) is 13.0. The number of nitrogens with zero attached hydrogens (tertiary/aromatic N) is 3. The van der Waals surface area contributed by atoms with Crippen LogP contribution in [0, 0.1) is 6.92 Å². The number of carboxylic acids is 1. The third-order valence-corrected chi connectivity index (χ3v) is 4.23. The first-order chi connectivity index (χ1) is 9.99. The van der Waals surface area contributed by atoms with Gasteiger partial charge in [-0.3, -0.25) is 9.20 Å². The van der Waals surface area contributed by atoms with Crippen molar-refractivity contribution in [3.63, 3.8) is 0 Å². The van der Waals surface area contributed by atoms with E-state index < -0.39 is 12.0 Å². The van der Waals surface area contributed by atoms with Gasteiger partial charge in [0.2, 0.25) is 0 Å². The Morgan fingerprint density at radius 2 is 2.19 bits per heavy atom. The predicted molar refractivity (Wildman–Crippen MR) is 79.3 cm³/mol. The molecule has 1 aliphatic heterocycles. The lowest BCUT2D eigenvalue weighted by Gasteiger charge is -2.21. The van der Waals surface area contributed by atoms with Crippen LogP contribution in [0.1, 0.15) is 29.0 Å². The molecule has 1 N–H and O–H groups in total. The van der Waals surface area contributed by atoms with E-state index in [1.54, 1.807) is 17.5 Å². The fourth-order valence-electron chi connectivity index (χ4n) is 2.80. The van der Waals surface area contributed by atoms with Gasteiger partial charge < -0.3 is 10.0 Å². The summed E-state index contributed by atoms with van der Waals surface area (Å²) < 4.78 is 2.54. The fraction of sp³-hybridized carbons (Fsp3) is 0.357. The molecule has 0 aromatic carbocycles. The van der Waals surface area contributed by atoms with E-state index in [4.69, 9.17) is 0 Å². The minimum atomic E-state index is -0.950. The number of amides is 1. The van der Waals surface area contributed by atoms with Crippen molar-refractivity contribution >= 4 is 33.5 Å². The number of aromatic nitrogens is 2. The number of carboxylic acid groups (broad SMARTS) is 1. The molecular formula is C14H14BrN3O3. The molecule has 0 spiro atoms. The van der Waals surface area contributed by atoms with Crippen molar-refractivity contribution in [3.8, 4) is 0 Å². The summed E-state index contributed by atoms with van der Waals surface area (Å²) in [6.45, 7) is 2.23. The molecule has 1 aliphatic rings. The van der Waals surface area contributed by atoms with Gasteiger partial charge in [-0.25, -0.2) is 9.78 Å². The fourth-order valence-corrected chi connectivity index (χ4v) is 3.13. The second-order valence-electron chi connectivity index (χ2n) is 5.12. The van der Waals surface area contributed by atoms with Gasteiger partial charge in [0, 0.05) is 17.2 Å². The Hall–Kier alpha value is -1.89. The Balaban J connectivity index is 2.07. The van der Waals surface area contributed by atoms with Gasteiger partial charge in [0.15, 0.2) is 0 Å². The Kier molecular flexibility index (Phi) is 3.44. The van der Waals surface area contributed by atoms with E-state index in [2.05, 4.69) is 20.9 Å². The SMILES string of the molecule is Cc1nc2ccc(Br)cn2c1C(=O)N1CCCC1C(=O)O. The summed E-state index contributed by atoms with van der Waals surface area (Å²) in [5.74, 6) is -1.23. The first-order valence-electron chi connectivity index (χ1n) is 6.67. The zero-order chi connectivity index (χ0) is 15.1. The van der Waals surface area contributed by atoms with Gasteiger partial charge >= 0.3 is 5.97 Å². The Labute approximate surface area is 129 Å². The smallest absolute Gasteiger partial charge is 0.326 e. The molecule has 21 heavy (non-hydrogen) atoms. The Morgan fingerprint density at radius 1 is 1.43 bits per heavy atom. The van der Waals surface area contributed by atoms with Crippen molar-refractivity contribution in [1.82, 2.24) is 14.3 Å². The summed E-state index contributed by atoms with van der Waals surface area (Å²) in [6.07, 6.45) is 2.98. The number of aryl methyl sites for hydroxylation is 1. The van der Waals surface area contributed by atoms with E-state index >= 15 is 0 Å². The summed E-state index contributed by atoms with van der Waals surface area (Å²) >= 11 is 3.38. The van der Waals surface area contributed by atoms with Crippen LogP contribution in [0.2, 0.25) is 0 Å². The topological polar surface area (TPSA) is 74.9 Å². The van der Waals surface area contributed by atoms with Crippen LogP contribution in [0.3, 0.4) is 0 Å². The standard InChI is InChI=1S/C14H14BrN3O3/c1-8-12(18-7-9(15)4-5-11(18)16-8)13(19)17-6-2-3-10(17)14(20)21/h4-5,7,10H,2-3,6H2,1H3,(H,20,21). The van der Waals surface area contributed by atoms with Crippen LogP contribution in [0.4, 0.5) is 0 Å². The van der Waals surface area contributed by atoms with E-state index in [0.717, 1.165) is 4.47 Å². The van der Waals surface area contributed by atoms with Gasteiger partial charge in [0.05, 0.1) is 5.69 Å². The van der Waals surface area contributed by atoms with Crippen molar-refractivity contribution in [2.45, 2.75) is 25.8 Å². The predicted octanol–water partition coefficient (Wildman–Crippen LogP) is 2.09. The van der Waals surface area contributed by atoms with Gasteiger partial charge in [-0.05, 0) is 47.8 Å². The Bertz CT molecular complexity index is 740. The highest BCUT2D eigenvalue weighted by Crippen LogP contribution is 2.23. The molecule has 7 heteroatoms. The van der Waals surface area contributed by atoms with Gasteiger partial charge in [-0.15, -0.1) is 0 Å². The normalized spacial score (nSPS) is 18.4. The number of halogens is 1. The van der Waals surface area contributed by atoms with E-state index in [0.29, 0.717) is 36.4 Å². The summed E-state index contributed by atoms with van der Waals surface area (Å²) in [7, 11) is 0. The van der Waals surface area contributed by atoms with E-state index in [9.17, 15) is 14.7 Å². The van der Waals surface area contributed by atoms with Crippen LogP contribution in [0.5, 0.6) is 0 Å². The average Bonchev–Trinajstić information content (AvgIpc) is 3.01. The number of carbonyl (C=O) groups excluding carboxylic acids is 1. The second kappa shape index (κ2) is 5.14. The number of fused-ring (bicyclic) bond motifs is 1. The van der Waals surface area contributed by atoms with Crippen molar-refractivity contribution in [2.75, 3.05) is 6.54 Å². The minimum absolute atomic E-state index is 0.275. The largest absolute Gasteiger partial charge is 0.480 e. The molecule has 1 atom stereocenters. The van der Waals surface area contributed by atoms with Crippen LogP contribution in [0.25, 0.3) is 5.65 Å². The minimum Gasteiger partial charge on any atom is -0.480 e. The lowest BCUT2D eigenvalue weighted by Crippen LogP contribution is -2.41. The third kappa shape index (κ3) is 2.31. The van der Waals surface area contributed by atoms with E-state index in [1.807, 2.05) is 12.1 Å². The number of aliphatic carboxylic acids is 1. The highest BCUT2D eigenvalue weighted by Gasteiger charge is 2.36. The highest BCUT2D eigenvalue weighted by atomic mass is 79.9. The Morgan fingerprint density at radius 3 is 2.90 bits per heavy atom. The maximum atomic E-state index is 12.8. The molecule has 1 unspecified atom stereocenters. The molecule has 3 rings (SSSR count). The maximum absolute atomic E-state index is 12.8.